The molecule has 5 heteroatoms. The topological polar surface area (TPSA) is 12.0 Å². The number of hydrogen-bond donors (Lipinski definition) is 1. The minimum Gasteiger partial charge on any atom is -0.309 e. The Labute approximate surface area is 135 Å². The van der Waals surface area contributed by atoms with Crippen molar-refractivity contribution in [1.29, 1.82) is 0 Å². The molecule has 1 atom stereocenters. The SMILES string of the molecule is CNC(c1ccc(I)c(Cl)c1)c1ccc(Cl)cc1F. The van der Waals surface area contributed by atoms with E-state index < -0.39 is 0 Å². The second-order valence-electron chi connectivity index (χ2n) is 4.06. The molecule has 0 aliphatic rings. The van der Waals surface area contributed by atoms with Crippen LogP contribution in [-0.4, -0.2) is 7.05 Å². The Bertz CT molecular complexity index is 604. The molecular weight excluding hydrogens is 399 g/mol. The smallest absolute Gasteiger partial charge is 0.129 e. The highest BCUT2D eigenvalue weighted by Crippen LogP contribution is 2.29. The van der Waals surface area contributed by atoms with Crippen LogP contribution in [0.15, 0.2) is 36.4 Å². The second kappa shape index (κ2) is 6.39. The summed E-state index contributed by atoms with van der Waals surface area (Å²) in [6.45, 7) is 0. The highest BCUT2D eigenvalue weighted by Gasteiger charge is 2.17. The van der Waals surface area contributed by atoms with Crippen molar-refractivity contribution in [2.24, 2.45) is 0 Å². The van der Waals surface area contributed by atoms with Crippen LogP contribution in [0.1, 0.15) is 17.2 Å². The maximum atomic E-state index is 14.0. The highest BCUT2D eigenvalue weighted by atomic mass is 127. The van der Waals surface area contributed by atoms with E-state index in [1.807, 2.05) is 18.2 Å². The third-order valence-electron chi connectivity index (χ3n) is 2.84. The Kier molecular flexibility index (Phi) is 5.06. The fourth-order valence-electron chi connectivity index (χ4n) is 1.93. The van der Waals surface area contributed by atoms with Gasteiger partial charge in [0.2, 0.25) is 0 Å². The first-order chi connectivity index (χ1) is 9.02. The standard InChI is InChI=1S/C14H11Cl2FIN/c1-19-14(8-2-5-13(18)11(16)6-8)10-4-3-9(15)7-12(10)17/h2-7,14,19H,1H3. The molecule has 19 heavy (non-hydrogen) atoms. The normalized spacial score (nSPS) is 12.5. The zero-order valence-electron chi connectivity index (χ0n) is 10.1. The van der Waals surface area contributed by atoms with E-state index in [1.165, 1.54) is 6.07 Å². The third-order valence-corrected chi connectivity index (χ3v) is 4.65. The van der Waals surface area contributed by atoms with E-state index in [1.54, 1.807) is 19.2 Å². The first kappa shape index (κ1) is 15.0. The Balaban J connectivity index is 2.46. The van der Waals surface area contributed by atoms with Crippen molar-refractivity contribution in [3.8, 4) is 0 Å². The molecular formula is C14H11Cl2FIN. The van der Waals surface area contributed by atoms with Gasteiger partial charge in [-0.1, -0.05) is 35.3 Å². The van der Waals surface area contributed by atoms with Crippen molar-refractivity contribution >= 4 is 45.8 Å². The predicted molar refractivity (Wildman–Crippen MR) is 86.5 cm³/mol. The van der Waals surface area contributed by atoms with Crippen molar-refractivity contribution in [1.82, 2.24) is 5.32 Å². The lowest BCUT2D eigenvalue weighted by Crippen LogP contribution is -2.19. The van der Waals surface area contributed by atoms with E-state index >= 15 is 0 Å². The number of nitrogens with one attached hydrogen (secondary N) is 1. The number of rotatable bonds is 3. The first-order valence-corrected chi connectivity index (χ1v) is 7.43. The molecule has 1 nitrogen and oxygen atoms in total. The van der Waals surface area contributed by atoms with E-state index in [4.69, 9.17) is 23.2 Å². The van der Waals surface area contributed by atoms with Crippen LogP contribution in [0.5, 0.6) is 0 Å². The van der Waals surface area contributed by atoms with Crippen molar-refractivity contribution in [2.75, 3.05) is 7.05 Å². The molecule has 0 fully saturated rings. The Morgan fingerprint density at radius 2 is 1.89 bits per heavy atom. The molecule has 0 aliphatic carbocycles. The van der Waals surface area contributed by atoms with Gasteiger partial charge in [-0.25, -0.2) is 4.39 Å². The summed E-state index contributed by atoms with van der Waals surface area (Å²) in [7, 11) is 1.78. The molecule has 2 aromatic carbocycles. The number of hydrogen-bond acceptors (Lipinski definition) is 1. The summed E-state index contributed by atoms with van der Waals surface area (Å²) >= 11 is 14.0. The van der Waals surface area contributed by atoms with Crippen LogP contribution in [0.4, 0.5) is 4.39 Å². The van der Waals surface area contributed by atoms with Gasteiger partial charge in [-0.05, 0) is 59.5 Å². The summed E-state index contributed by atoms with van der Waals surface area (Å²) in [4.78, 5) is 0. The molecule has 2 rings (SSSR count). The van der Waals surface area contributed by atoms with Gasteiger partial charge < -0.3 is 5.32 Å². The van der Waals surface area contributed by atoms with Crippen LogP contribution in [0.25, 0.3) is 0 Å². The van der Waals surface area contributed by atoms with Crippen molar-refractivity contribution in [3.63, 3.8) is 0 Å². The van der Waals surface area contributed by atoms with Crippen molar-refractivity contribution in [3.05, 3.63) is 67.0 Å². The molecule has 0 aromatic heterocycles. The zero-order chi connectivity index (χ0) is 14.0. The van der Waals surface area contributed by atoms with Crippen molar-refractivity contribution < 1.29 is 4.39 Å². The summed E-state index contributed by atoms with van der Waals surface area (Å²) in [5, 5.41) is 4.14. The minimum absolute atomic E-state index is 0.258. The molecule has 0 amide bonds. The van der Waals surface area contributed by atoms with Gasteiger partial charge in [-0.2, -0.15) is 0 Å². The van der Waals surface area contributed by atoms with E-state index in [2.05, 4.69) is 27.9 Å². The molecule has 0 aliphatic heterocycles. The van der Waals surface area contributed by atoms with Crippen LogP contribution in [-0.2, 0) is 0 Å². The van der Waals surface area contributed by atoms with E-state index in [0.29, 0.717) is 15.6 Å². The summed E-state index contributed by atoms with van der Waals surface area (Å²) in [5.41, 5.74) is 1.46. The lowest BCUT2D eigenvalue weighted by atomic mass is 9.98. The number of benzene rings is 2. The van der Waals surface area contributed by atoms with Gasteiger partial charge in [0.15, 0.2) is 0 Å². The molecule has 0 saturated heterocycles. The molecule has 1 N–H and O–H groups in total. The second-order valence-corrected chi connectivity index (χ2v) is 6.07. The molecule has 1 unspecified atom stereocenters. The summed E-state index contributed by atoms with van der Waals surface area (Å²) in [6.07, 6.45) is 0. The van der Waals surface area contributed by atoms with Crippen molar-refractivity contribution in [2.45, 2.75) is 6.04 Å². The average Bonchev–Trinajstić information content (AvgIpc) is 2.37. The number of halogens is 4. The van der Waals surface area contributed by atoms with Crippen LogP contribution in [0.3, 0.4) is 0 Å². The third kappa shape index (κ3) is 3.40. The van der Waals surface area contributed by atoms with Gasteiger partial charge in [-0.3, -0.25) is 0 Å². The Hall–Kier alpha value is -0.360. The monoisotopic (exact) mass is 409 g/mol. The van der Waals surface area contributed by atoms with Gasteiger partial charge in [0.25, 0.3) is 0 Å². The fourth-order valence-corrected chi connectivity index (χ4v) is 2.61. The van der Waals surface area contributed by atoms with Gasteiger partial charge in [-0.15, -0.1) is 0 Å². The molecule has 0 spiro atoms. The predicted octanol–water partition coefficient (Wildman–Crippen LogP) is 5.05. The highest BCUT2D eigenvalue weighted by molar-refractivity contribution is 14.1. The molecule has 0 bridgehead atoms. The van der Waals surface area contributed by atoms with Crippen LogP contribution >= 0.6 is 45.8 Å². The minimum atomic E-state index is -0.332. The molecule has 2 aromatic rings. The molecule has 0 saturated carbocycles. The lowest BCUT2D eigenvalue weighted by Gasteiger charge is -2.18. The maximum absolute atomic E-state index is 14.0. The first-order valence-electron chi connectivity index (χ1n) is 5.60. The summed E-state index contributed by atoms with van der Waals surface area (Å²) in [6, 6.07) is 10.1. The van der Waals surface area contributed by atoms with E-state index in [0.717, 1.165) is 9.13 Å². The zero-order valence-corrected chi connectivity index (χ0v) is 13.7. The lowest BCUT2D eigenvalue weighted by molar-refractivity contribution is 0.576. The summed E-state index contributed by atoms with van der Waals surface area (Å²) in [5.74, 6) is -0.332. The van der Waals surface area contributed by atoms with E-state index in [9.17, 15) is 4.39 Å². The fraction of sp³-hybridized carbons (Fsp3) is 0.143. The maximum Gasteiger partial charge on any atom is 0.129 e. The van der Waals surface area contributed by atoms with Gasteiger partial charge in [0, 0.05) is 14.2 Å². The quantitative estimate of drug-likeness (QED) is 0.699. The Morgan fingerprint density at radius 3 is 2.47 bits per heavy atom. The van der Waals surface area contributed by atoms with Gasteiger partial charge in [0.05, 0.1) is 11.1 Å². The van der Waals surface area contributed by atoms with Crippen LogP contribution in [0, 0.1) is 9.39 Å². The summed E-state index contributed by atoms with van der Waals surface area (Å²) < 4.78 is 15.0. The Morgan fingerprint density at radius 1 is 1.16 bits per heavy atom. The van der Waals surface area contributed by atoms with E-state index in [-0.39, 0.29) is 11.9 Å². The van der Waals surface area contributed by atoms with Crippen LogP contribution < -0.4 is 5.32 Å². The van der Waals surface area contributed by atoms with Gasteiger partial charge in [0.1, 0.15) is 5.82 Å². The average molecular weight is 410 g/mol. The molecule has 0 radical (unpaired) electrons. The molecule has 100 valence electrons. The molecule has 0 heterocycles. The van der Waals surface area contributed by atoms with Crippen LogP contribution in [0.2, 0.25) is 10.0 Å². The van der Waals surface area contributed by atoms with Gasteiger partial charge >= 0.3 is 0 Å². The largest absolute Gasteiger partial charge is 0.309 e.